The third kappa shape index (κ3) is 10.0. The van der Waals surface area contributed by atoms with Crippen LogP contribution in [0.25, 0.3) is 0 Å². The van der Waals surface area contributed by atoms with Gasteiger partial charge in [-0.05, 0) is 6.42 Å². The van der Waals surface area contributed by atoms with Crippen LogP contribution >= 0.6 is 0 Å². The van der Waals surface area contributed by atoms with E-state index in [1.165, 1.54) is 0 Å². The maximum Gasteiger partial charge on any atom is 0.500 e. The van der Waals surface area contributed by atoms with E-state index >= 15 is 0 Å². The van der Waals surface area contributed by atoms with Crippen LogP contribution in [0.1, 0.15) is 6.42 Å². The number of hydrogen-bond donors (Lipinski definition) is 2. The van der Waals surface area contributed by atoms with Gasteiger partial charge in [0.2, 0.25) is 0 Å². The molecule has 0 unspecified atom stereocenters. The molecule has 16 heavy (non-hydrogen) atoms. The van der Waals surface area contributed by atoms with E-state index in [-0.39, 0.29) is 6.17 Å². The predicted octanol–water partition coefficient (Wildman–Crippen LogP) is 1.10. The van der Waals surface area contributed by atoms with Gasteiger partial charge < -0.3 is 24.7 Å². The minimum atomic E-state index is -2.44. The van der Waals surface area contributed by atoms with Crippen LogP contribution in [0.15, 0.2) is 26.3 Å². The maximum absolute atomic E-state index is 5.40. The number of hydrogen-bond acceptors (Lipinski definition) is 5. The molecule has 0 amide bonds. The SMILES string of the molecule is C=C.C=C.CO[Si](CCC(N)N)(OC)OC. The highest BCUT2D eigenvalue weighted by Crippen LogP contribution is 2.14. The van der Waals surface area contributed by atoms with Crippen LogP contribution in [0.2, 0.25) is 6.04 Å². The molecule has 0 fully saturated rings. The van der Waals surface area contributed by atoms with Crippen molar-refractivity contribution in [3.8, 4) is 0 Å². The van der Waals surface area contributed by atoms with Crippen molar-refractivity contribution in [1.29, 1.82) is 0 Å². The Morgan fingerprint density at radius 2 is 1.25 bits per heavy atom. The first-order valence-electron chi connectivity index (χ1n) is 4.77. The number of rotatable bonds is 6. The topological polar surface area (TPSA) is 79.7 Å². The fourth-order valence-corrected chi connectivity index (χ4v) is 2.70. The van der Waals surface area contributed by atoms with Gasteiger partial charge in [-0.15, -0.1) is 26.3 Å². The van der Waals surface area contributed by atoms with Crippen molar-refractivity contribution in [2.24, 2.45) is 11.5 Å². The molecule has 0 aliphatic carbocycles. The Balaban J connectivity index is -0.000000376. The maximum atomic E-state index is 5.40. The molecule has 0 radical (unpaired) electrons. The average Bonchev–Trinajstić information content (AvgIpc) is 2.36. The van der Waals surface area contributed by atoms with Gasteiger partial charge in [0, 0.05) is 27.4 Å². The Morgan fingerprint density at radius 3 is 1.44 bits per heavy atom. The Labute approximate surface area is 100 Å². The summed E-state index contributed by atoms with van der Waals surface area (Å²) >= 11 is 0. The van der Waals surface area contributed by atoms with Crippen LogP contribution in [0.4, 0.5) is 0 Å². The van der Waals surface area contributed by atoms with Gasteiger partial charge in [0.25, 0.3) is 0 Å². The molecule has 0 aromatic rings. The minimum Gasteiger partial charge on any atom is -0.377 e. The molecule has 0 aromatic carbocycles. The van der Waals surface area contributed by atoms with E-state index < -0.39 is 8.80 Å². The Bertz CT molecular complexity index is 134. The summed E-state index contributed by atoms with van der Waals surface area (Å²) in [6.07, 6.45) is 0.305. The Hall–Kier alpha value is -0.503. The van der Waals surface area contributed by atoms with Crippen molar-refractivity contribution in [3.63, 3.8) is 0 Å². The quantitative estimate of drug-likeness (QED) is 0.419. The standard InChI is InChI=1S/C6H18N2O3Si.2C2H4/c1-9-12(10-2,11-3)5-4-6(7)8;2*1-2/h6H,4-5,7-8H2,1-3H3;2*1-2H2. The molecule has 4 N–H and O–H groups in total. The molecule has 0 heterocycles. The van der Waals surface area contributed by atoms with Crippen LogP contribution in [0.5, 0.6) is 0 Å². The molecule has 5 nitrogen and oxygen atoms in total. The zero-order valence-corrected chi connectivity index (χ0v) is 11.7. The van der Waals surface area contributed by atoms with Crippen molar-refractivity contribution < 1.29 is 13.3 Å². The monoisotopic (exact) mass is 250 g/mol. The molecule has 0 aliphatic heterocycles. The van der Waals surface area contributed by atoms with Crippen LogP contribution in [-0.4, -0.2) is 36.3 Å². The highest BCUT2D eigenvalue weighted by molar-refractivity contribution is 6.60. The number of nitrogens with two attached hydrogens (primary N) is 2. The van der Waals surface area contributed by atoms with Gasteiger partial charge in [-0.3, -0.25) is 0 Å². The van der Waals surface area contributed by atoms with Crippen LogP contribution in [0.3, 0.4) is 0 Å². The van der Waals surface area contributed by atoms with Crippen molar-refractivity contribution in [3.05, 3.63) is 26.3 Å². The third-order valence-electron chi connectivity index (χ3n) is 1.72. The fraction of sp³-hybridized carbons (Fsp3) is 0.600. The molecule has 6 heteroatoms. The van der Waals surface area contributed by atoms with E-state index in [2.05, 4.69) is 26.3 Å². The molecule has 0 aromatic heterocycles. The predicted molar refractivity (Wildman–Crippen MR) is 70.9 cm³/mol. The van der Waals surface area contributed by atoms with Crippen LogP contribution in [0, 0.1) is 0 Å². The average molecular weight is 250 g/mol. The molecular weight excluding hydrogens is 224 g/mol. The fourth-order valence-electron chi connectivity index (χ4n) is 0.900. The van der Waals surface area contributed by atoms with E-state index in [1.807, 2.05) is 0 Å². The lowest BCUT2D eigenvalue weighted by molar-refractivity contribution is 0.122. The largest absolute Gasteiger partial charge is 0.500 e. The summed E-state index contributed by atoms with van der Waals surface area (Å²) in [4.78, 5) is 0. The van der Waals surface area contributed by atoms with E-state index in [0.717, 1.165) is 0 Å². The normalized spacial score (nSPS) is 9.88. The molecule has 0 bridgehead atoms. The molecular formula is C10H26N2O3Si. The summed E-state index contributed by atoms with van der Waals surface area (Å²) < 4.78 is 15.5. The zero-order chi connectivity index (χ0) is 13.6. The highest BCUT2D eigenvalue weighted by atomic mass is 28.4. The molecule has 0 rings (SSSR count). The van der Waals surface area contributed by atoms with Crippen molar-refractivity contribution in [2.45, 2.75) is 18.6 Å². The summed E-state index contributed by atoms with van der Waals surface area (Å²) in [5.41, 5.74) is 10.8. The van der Waals surface area contributed by atoms with E-state index in [9.17, 15) is 0 Å². The second-order valence-electron chi connectivity index (χ2n) is 2.50. The summed E-state index contributed by atoms with van der Waals surface area (Å²) in [7, 11) is 2.27. The van der Waals surface area contributed by atoms with Crippen molar-refractivity contribution in [2.75, 3.05) is 21.3 Å². The summed E-state index contributed by atoms with van der Waals surface area (Å²) in [6.45, 7) is 12.0. The summed E-state index contributed by atoms with van der Waals surface area (Å²) in [6, 6.07) is 0.647. The molecule has 0 saturated carbocycles. The van der Waals surface area contributed by atoms with E-state index in [4.69, 9.17) is 24.7 Å². The first-order valence-corrected chi connectivity index (χ1v) is 6.70. The molecule has 0 saturated heterocycles. The smallest absolute Gasteiger partial charge is 0.377 e. The van der Waals surface area contributed by atoms with Gasteiger partial charge in [-0.2, -0.15) is 0 Å². The first-order chi connectivity index (χ1) is 7.60. The van der Waals surface area contributed by atoms with Gasteiger partial charge in [0.15, 0.2) is 0 Å². The van der Waals surface area contributed by atoms with Gasteiger partial charge in [-0.1, -0.05) is 0 Å². The lowest BCUT2D eigenvalue weighted by atomic mass is 10.4. The highest BCUT2D eigenvalue weighted by Gasteiger charge is 2.37. The lowest BCUT2D eigenvalue weighted by Gasteiger charge is -2.24. The van der Waals surface area contributed by atoms with E-state index in [1.54, 1.807) is 21.3 Å². The molecule has 0 atom stereocenters. The molecule has 0 aliphatic rings. The van der Waals surface area contributed by atoms with Gasteiger partial charge >= 0.3 is 8.80 Å². The first kappa shape index (κ1) is 20.9. The summed E-state index contributed by atoms with van der Waals surface area (Å²) in [5.74, 6) is 0. The van der Waals surface area contributed by atoms with Crippen LogP contribution in [-0.2, 0) is 13.3 Å². The molecule has 98 valence electrons. The lowest BCUT2D eigenvalue weighted by Crippen LogP contribution is -2.45. The molecule has 0 spiro atoms. The second-order valence-corrected chi connectivity index (χ2v) is 5.59. The van der Waals surface area contributed by atoms with Crippen molar-refractivity contribution >= 4 is 8.80 Å². The Morgan fingerprint density at radius 1 is 0.938 bits per heavy atom. The summed E-state index contributed by atoms with van der Waals surface area (Å²) in [5, 5.41) is 0. The minimum absolute atomic E-state index is 0.336. The van der Waals surface area contributed by atoms with Crippen molar-refractivity contribution in [1.82, 2.24) is 0 Å². The van der Waals surface area contributed by atoms with Gasteiger partial charge in [0.05, 0.1) is 6.17 Å². The second kappa shape index (κ2) is 14.5. The third-order valence-corrected chi connectivity index (χ3v) is 4.48. The Kier molecular flexibility index (Phi) is 18.9. The zero-order valence-electron chi connectivity index (χ0n) is 10.7. The van der Waals surface area contributed by atoms with Gasteiger partial charge in [-0.25, -0.2) is 0 Å². The van der Waals surface area contributed by atoms with Crippen LogP contribution < -0.4 is 11.5 Å². The van der Waals surface area contributed by atoms with E-state index in [0.29, 0.717) is 12.5 Å². The van der Waals surface area contributed by atoms with Gasteiger partial charge in [0.1, 0.15) is 0 Å².